The molecule has 3 N–H and O–H groups in total. The molecular formula is C17H29N2O5+. The summed E-state index contributed by atoms with van der Waals surface area (Å²) in [4.78, 5) is 47.7. The van der Waals surface area contributed by atoms with Crippen LogP contribution in [-0.2, 0) is 19.2 Å². The molecule has 0 aromatic heterocycles. The van der Waals surface area contributed by atoms with E-state index in [9.17, 15) is 19.2 Å². The fraction of sp³-hybridized carbons (Fsp3) is 0.765. The van der Waals surface area contributed by atoms with Crippen molar-refractivity contribution in [3.8, 4) is 0 Å². The van der Waals surface area contributed by atoms with Gasteiger partial charge in [0.05, 0.1) is 13.0 Å². The predicted molar refractivity (Wildman–Crippen MR) is 87.4 cm³/mol. The molecule has 3 atom stereocenters. The molecule has 0 saturated carbocycles. The number of carbonyl (C=O) groups is 4. The Balaban J connectivity index is 2.83. The van der Waals surface area contributed by atoms with Crippen molar-refractivity contribution in [3.63, 3.8) is 0 Å². The molecular weight excluding hydrogens is 312 g/mol. The summed E-state index contributed by atoms with van der Waals surface area (Å²) in [7, 11) is 0. The van der Waals surface area contributed by atoms with Crippen molar-refractivity contribution in [1.82, 2.24) is 5.32 Å². The van der Waals surface area contributed by atoms with Crippen molar-refractivity contribution in [1.29, 1.82) is 0 Å². The van der Waals surface area contributed by atoms with Crippen molar-refractivity contribution < 1.29 is 29.2 Å². The van der Waals surface area contributed by atoms with E-state index < -0.39 is 30.4 Å². The Morgan fingerprint density at radius 2 is 1.88 bits per heavy atom. The molecule has 136 valence electrons. The molecule has 7 heteroatoms. The van der Waals surface area contributed by atoms with Crippen molar-refractivity contribution in [3.05, 3.63) is 0 Å². The van der Waals surface area contributed by atoms with Crippen LogP contribution < -0.4 is 10.2 Å². The Labute approximate surface area is 142 Å². The fourth-order valence-electron chi connectivity index (χ4n) is 3.33. The zero-order chi connectivity index (χ0) is 18.1. The number of carboxylic acid groups (broad SMARTS) is 1. The van der Waals surface area contributed by atoms with Crippen LogP contribution in [0.25, 0.3) is 0 Å². The van der Waals surface area contributed by atoms with Crippen LogP contribution in [0.3, 0.4) is 0 Å². The van der Waals surface area contributed by atoms with Crippen molar-refractivity contribution in [2.75, 3.05) is 6.54 Å². The first-order valence-corrected chi connectivity index (χ1v) is 8.81. The van der Waals surface area contributed by atoms with Gasteiger partial charge in [0.25, 0.3) is 0 Å². The average molecular weight is 341 g/mol. The number of hydrogen-bond donors (Lipinski definition) is 3. The molecule has 24 heavy (non-hydrogen) atoms. The predicted octanol–water partition coefficient (Wildman–Crippen LogP) is -0.0649. The maximum atomic E-state index is 12.7. The number of carboxylic acids is 1. The van der Waals surface area contributed by atoms with E-state index in [0.717, 1.165) is 25.5 Å². The van der Waals surface area contributed by atoms with E-state index >= 15 is 0 Å². The van der Waals surface area contributed by atoms with E-state index in [-0.39, 0.29) is 11.8 Å². The second-order valence-corrected chi connectivity index (χ2v) is 6.46. The third kappa shape index (κ3) is 5.70. The zero-order valence-corrected chi connectivity index (χ0v) is 14.5. The van der Waals surface area contributed by atoms with E-state index in [0.29, 0.717) is 30.7 Å². The second kappa shape index (κ2) is 10.2. The SMILES string of the molecule is CCCC(CCC)C(=O)N[C@@H](CC(=O)O)C(=O)[NH+]1CCC[C@H]1C=O. The highest BCUT2D eigenvalue weighted by molar-refractivity contribution is 5.88. The summed E-state index contributed by atoms with van der Waals surface area (Å²) in [5.41, 5.74) is 0. The molecule has 0 aromatic rings. The monoisotopic (exact) mass is 341 g/mol. The van der Waals surface area contributed by atoms with Crippen molar-refractivity contribution in [2.45, 2.75) is 70.9 Å². The molecule has 1 saturated heterocycles. The first-order chi connectivity index (χ1) is 11.4. The molecule has 1 heterocycles. The van der Waals surface area contributed by atoms with E-state index in [1.165, 1.54) is 0 Å². The van der Waals surface area contributed by atoms with Crippen LogP contribution >= 0.6 is 0 Å². The van der Waals surface area contributed by atoms with Gasteiger partial charge in [0.15, 0.2) is 18.4 Å². The summed E-state index contributed by atoms with van der Waals surface area (Å²) in [6, 6.07) is -1.52. The van der Waals surface area contributed by atoms with E-state index in [2.05, 4.69) is 5.32 Å². The lowest BCUT2D eigenvalue weighted by atomic mass is 9.96. The maximum absolute atomic E-state index is 12.7. The number of aliphatic carboxylic acids is 1. The van der Waals surface area contributed by atoms with E-state index in [4.69, 9.17) is 5.11 Å². The van der Waals surface area contributed by atoms with Crippen LogP contribution in [0, 0.1) is 5.92 Å². The normalized spacial score (nSPS) is 21.5. The number of carbonyl (C=O) groups excluding carboxylic acids is 3. The molecule has 0 spiro atoms. The average Bonchev–Trinajstić information content (AvgIpc) is 3.01. The third-order valence-electron chi connectivity index (χ3n) is 4.55. The Morgan fingerprint density at radius 1 is 1.25 bits per heavy atom. The highest BCUT2D eigenvalue weighted by atomic mass is 16.4. The molecule has 0 radical (unpaired) electrons. The van der Waals surface area contributed by atoms with Gasteiger partial charge in [-0.3, -0.25) is 19.3 Å². The summed E-state index contributed by atoms with van der Waals surface area (Å²) in [6.07, 6.45) is 4.77. The molecule has 2 amide bonds. The minimum Gasteiger partial charge on any atom is -0.481 e. The van der Waals surface area contributed by atoms with Gasteiger partial charge in [-0.25, -0.2) is 4.79 Å². The lowest BCUT2D eigenvalue weighted by Gasteiger charge is -2.23. The molecule has 0 aromatic carbocycles. The molecule has 1 aliphatic heterocycles. The van der Waals surface area contributed by atoms with Gasteiger partial charge in [0.2, 0.25) is 5.91 Å². The number of likely N-dealkylation sites (tertiary alicyclic amines) is 1. The molecule has 7 nitrogen and oxygen atoms in total. The largest absolute Gasteiger partial charge is 0.481 e. The Morgan fingerprint density at radius 3 is 2.38 bits per heavy atom. The highest BCUT2D eigenvalue weighted by Crippen LogP contribution is 2.14. The van der Waals surface area contributed by atoms with Gasteiger partial charge in [0.1, 0.15) is 0 Å². The first-order valence-electron chi connectivity index (χ1n) is 8.81. The van der Waals surface area contributed by atoms with Crippen molar-refractivity contribution in [2.24, 2.45) is 5.92 Å². The van der Waals surface area contributed by atoms with Gasteiger partial charge < -0.3 is 10.4 Å². The van der Waals surface area contributed by atoms with Crippen LogP contribution in [0.2, 0.25) is 0 Å². The zero-order valence-electron chi connectivity index (χ0n) is 14.5. The standard InChI is InChI=1S/C17H28N2O5/c1-3-6-12(7-4-2)16(23)18-14(10-15(21)22)17(24)19-9-5-8-13(19)11-20/h11-14H,3-10H2,1-2H3,(H,18,23)(H,21,22)/p+1/t13-,14-/m0/s1. The van der Waals surface area contributed by atoms with Gasteiger partial charge in [-0.05, 0) is 12.8 Å². The van der Waals surface area contributed by atoms with Gasteiger partial charge >= 0.3 is 11.9 Å². The number of nitrogens with one attached hydrogen (secondary N) is 2. The van der Waals surface area contributed by atoms with Crippen molar-refractivity contribution >= 4 is 24.1 Å². The summed E-state index contributed by atoms with van der Waals surface area (Å²) < 4.78 is 0. The lowest BCUT2D eigenvalue weighted by molar-refractivity contribution is -0.823. The molecule has 1 unspecified atom stereocenters. The summed E-state index contributed by atoms with van der Waals surface area (Å²) in [5, 5.41) is 11.7. The smallest absolute Gasteiger partial charge is 0.335 e. The third-order valence-corrected chi connectivity index (χ3v) is 4.55. The molecule has 0 aliphatic carbocycles. The summed E-state index contributed by atoms with van der Waals surface area (Å²) in [6.45, 7) is 4.47. The van der Waals surface area contributed by atoms with E-state index in [1.807, 2.05) is 13.8 Å². The number of rotatable bonds is 10. The Hall–Kier alpha value is -1.76. The molecule has 1 rings (SSSR count). The van der Waals surface area contributed by atoms with Gasteiger partial charge in [-0.15, -0.1) is 0 Å². The minimum atomic E-state index is -1.14. The highest BCUT2D eigenvalue weighted by Gasteiger charge is 2.40. The van der Waals surface area contributed by atoms with Gasteiger partial charge in [-0.2, -0.15) is 0 Å². The van der Waals surface area contributed by atoms with Gasteiger partial charge in [0, 0.05) is 18.8 Å². The summed E-state index contributed by atoms with van der Waals surface area (Å²) in [5.74, 6) is -2.01. The summed E-state index contributed by atoms with van der Waals surface area (Å²) >= 11 is 0. The Kier molecular flexibility index (Phi) is 8.60. The number of hydrogen-bond acceptors (Lipinski definition) is 4. The van der Waals surface area contributed by atoms with Crippen LogP contribution in [0.1, 0.15) is 58.8 Å². The number of aldehydes is 1. The number of amides is 2. The van der Waals surface area contributed by atoms with Crippen LogP contribution in [0.5, 0.6) is 0 Å². The molecule has 1 fully saturated rings. The Bertz CT molecular complexity index is 460. The van der Waals surface area contributed by atoms with Crippen LogP contribution in [0.4, 0.5) is 0 Å². The second-order valence-electron chi connectivity index (χ2n) is 6.46. The first kappa shape index (κ1) is 20.3. The van der Waals surface area contributed by atoms with Gasteiger partial charge in [-0.1, -0.05) is 26.7 Å². The molecule has 0 bridgehead atoms. The fourth-order valence-corrected chi connectivity index (χ4v) is 3.33. The van der Waals surface area contributed by atoms with Crippen LogP contribution in [-0.4, -0.2) is 47.8 Å². The quantitative estimate of drug-likeness (QED) is 0.483. The van der Waals surface area contributed by atoms with Crippen LogP contribution in [0.15, 0.2) is 0 Å². The van der Waals surface area contributed by atoms with E-state index in [1.54, 1.807) is 0 Å². The maximum Gasteiger partial charge on any atom is 0.335 e. The lowest BCUT2D eigenvalue weighted by Crippen LogP contribution is -3.18. The number of quaternary nitrogens is 1. The molecule has 1 aliphatic rings. The minimum absolute atomic E-state index is 0.209. The topological polar surface area (TPSA) is 105 Å².